The summed E-state index contributed by atoms with van der Waals surface area (Å²) >= 11 is 0. The van der Waals surface area contributed by atoms with Crippen LogP contribution in [-0.4, -0.2) is 46.6 Å². The molecule has 25 heavy (non-hydrogen) atoms. The summed E-state index contributed by atoms with van der Waals surface area (Å²) in [7, 11) is 1.68. The number of amides is 1. The second kappa shape index (κ2) is 7.61. The van der Waals surface area contributed by atoms with Gasteiger partial charge in [0.25, 0.3) is 11.5 Å². The van der Waals surface area contributed by atoms with Gasteiger partial charge in [0.05, 0.1) is 12.1 Å². The molecule has 1 N–H and O–H groups in total. The first-order valence-electron chi connectivity index (χ1n) is 8.53. The number of piperidine rings is 1. The fourth-order valence-corrected chi connectivity index (χ4v) is 3.44. The molecule has 1 aliphatic heterocycles. The molecule has 1 aliphatic rings. The average Bonchev–Trinajstić information content (AvgIpc) is 2.62. The minimum atomic E-state index is -0.393. The van der Waals surface area contributed by atoms with Crippen LogP contribution in [0.2, 0.25) is 0 Å². The van der Waals surface area contributed by atoms with Gasteiger partial charge in [-0.1, -0.05) is 30.3 Å². The Morgan fingerprint density at radius 2 is 2.12 bits per heavy atom. The van der Waals surface area contributed by atoms with Crippen LogP contribution in [0.3, 0.4) is 0 Å². The topological polar surface area (TPSA) is 75.3 Å². The molecule has 6 heteroatoms. The molecule has 2 atom stereocenters. The summed E-state index contributed by atoms with van der Waals surface area (Å²) in [6.45, 7) is 2.30. The number of likely N-dealkylation sites (tertiary alicyclic amines) is 1. The Morgan fingerprint density at radius 3 is 2.80 bits per heavy atom. The van der Waals surface area contributed by atoms with E-state index < -0.39 is 5.56 Å². The summed E-state index contributed by atoms with van der Waals surface area (Å²) in [5.74, 6) is 0.215. The third-order valence-electron chi connectivity index (χ3n) is 4.73. The largest absolute Gasteiger partial charge is 0.379 e. The van der Waals surface area contributed by atoms with Crippen molar-refractivity contribution in [2.24, 2.45) is 0 Å². The number of benzene rings is 1. The predicted octanol–water partition coefficient (Wildman–Crippen LogP) is 1.94. The van der Waals surface area contributed by atoms with Gasteiger partial charge in [-0.2, -0.15) is 0 Å². The van der Waals surface area contributed by atoms with Crippen LogP contribution in [0.5, 0.6) is 0 Å². The first-order chi connectivity index (χ1) is 12.1. The molecule has 0 saturated carbocycles. The highest BCUT2D eigenvalue weighted by Gasteiger charge is 2.35. The number of carbonyl (C=O) groups is 1. The molecule has 3 rings (SSSR count). The van der Waals surface area contributed by atoms with Crippen LogP contribution in [0, 0.1) is 6.92 Å². The minimum absolute atomic E-state index is 0.0459. The zero-order chi connectivity index (χ0) is 17.8. The molecule has 0 radical (unpaired) electrons. The van der Waals surface area contributed by atoms with Gasteiger partial charge in [0.2, 0.25) is 0 Å². The number of aryl methyl sites for hydroxylation is 1. The maximum Gasteiger partial charge on any atom is 0.263 e. The average molecular weight is 341 g/mol. The Labute approximate surface area is 146 Å². The van der Waals surface area contributed by atoms with Gasteiger partial charge in [-0.05, 0) is 31.7 Å². The van der Waals surface area contributed by atoms with Gasteiger partial charge in [0, 0.05) is 19.9 Å². The van der Waals surface area contributed by atoms with Crippen LogP contribution in [0.4, 0.5) is 0 Å². The van der Waals surface area contributed by atoms with Gasteiger partial charge >= 0.3 is 0 Å². The van der Waals surface area contributed by atoms with E-state index in [-0.39, 0.29) is 23.6 Å². The van der Waals surface area contributed by atoms with Gasteiger partial charge in [0.15, 0.2) is 0 Å². The van der Waals surface area contributed by atoms with Gasteiger partial charge in [0.1, 0.15) is 11.4 Å². The molecule has 132 valence electrons. The number of ether oxygens (including phenoxy) is 1. The van der Waals surface area contributed by atoms with Crippen molar-refractivity contribution in [3.8, 4) is 0 Å². The number of H-pyrrole nitrogens is 1. The fraction of sp³-hybridized carbons (Fsp3) is 0.421. The molecule has 1 aromatic carbocycles. The molecule has 6 nitrogen and oxygen atoms in total. The highest BCUT2D eigenvalue weighted by atomic mass is 16.5. The number of hydrogen-bond acceptors (Lipinski definition) is 4. The van der Waals surface area contributed by atoms with Crippen molar-refractivity contribution in [1.82, 2.24) is 14.9 Å². The van der Waals surface area contributed by atoms with Crippen LogP contribution in [0.15, 0.2) is 41.3 Å². The van der Waals surface area contributed by atoms with Crippen molar-refractivity contribution in [3.63, 3.8) is 0 Å². The third kappa shape index (κ3) is 3.79. The molecule has 2 aromatic rings. The molecular formula is C19H23N3O3. The molecule has 0 aliphatic carbocycles. The lowest BCUT2D eigenvalue weighted by Crippen LogP contribution is -2.53. The van der Waals surface area contributed by atoms with Crippen molar-refractivity contribution in [2.45, 2.75) is 38.3 Å². The first kappa shape index (κ1) is 17.4. The Kier molecular flexibility index (Phi) is 5.28. The van der Waals surface area contributed by atoms with Crippen molar-refractivity contribution < 1.29 is 9.53 Å². The summed E-state index contributed by atoms with van der Waals surface area (Å²) in [5.41, 5.74) is 0.834. The predicted molar refractivity (Wildman–Crippen MR) is 94.6 cm³/mol. The summed E-state index contributed by atoms with van der Waals surface area (Å²) < 4.78 is 5.65. The van der Waals surface area contributed by atoms with Crippen LogP contribution in [-0.2, 0) is 11.2 Å². The normalized spacial score (nSPS) is 20.5. The molecule has 1 saturated heterocycles. The standard InChI is InChI=1S/C19H23N3O3/c1-13-20-12-15(18(23)21-13)19(24)22-10-6-9-17(25-2)16(22)11-14-7-4-3-5-8-14/h3-5,7-8,12,16-17H,6,9-11H2,1-2H3,(H,20,21,23)/t16-,17-/m0/s1. The number of nitrogens with zero attached hydrogens (tertiary/aromatic N) is 2. The van der Waals surface area contributed by atoms with Crippen LogP contribution in [0.25, 0.3) is 0 Å². The number of methoxy groups -OCH3 is 1. The number of aromatic nitrogens is 2. The van der Waals surface area contributed by atoms with E-state index in [4.69, 9.17) is 4.74 Å². The van der Waals surface area contributed by atoms with Gasteiger partial charge in [-0.25, -0.2) is 4.98 Å². The number of nitrogens with one attached hydrogen (secondary N) is 1. The van der Waals surface area contributed by atoms with E-state index in [1.54, 1.807) is 18.9 Å². The van der Waals surface area contributed by atoms with Crippen LogP contribution >= 0.6 is 0 Å². The zero-order valence-corrected chi connectivity index (χ0v) is 14.6. The second-order valence-electron chi connectivity index (χ2n) is 6.38. The summed E-state index contributed by atoms with van der Waals surface area (Å²) in [4.78, 5) is 33.6. The molecule has 1 fully saturated rings. The quantitative estimate of drug-likeness (QED) is 0.922. The van der Waals surface area contributed by atoms with Gasteiger partial charge in [-0.3, -0.25) is 9.59 Å². The van der Waals surface area contributed by atoms with Crippen molar-refractivity contribution in [2.75, 3.05) is 13.7 Å². The maximum absolute atomic E-state index is 13.0. The van der Waals surface area contributed by atoms with Crippen molar-refractivity contribution in [1.29, 1.82) is 0 Å². The molecule has 0 bridgehead atoms. The summed E-state index contributed by atoms with van der Waals surface area (Å²) in [5, 5.41) is 0. The van der Waals surface area contributed by atoms with E-state index in [1.807, 2.05) is 30.3 Å². The maximum atomic E-state index is 13.0. The van der Waals surface area contributed by atoms with E-state index in [0.717, 1.165) is 18.4 Å². The van der Waals surface area contributed by atoms with Crippen LogP contribution in [0.1, 0.15) is 34.6 Å². The smallest absolute Gasteiger partial charge is 0.263 e. The Bertz CT molecular complexity index is 788. The Morgan fingerprint density at radius 1 is 1.36 bits per heavy atom. The van der Waals surface area contributed by atoms with E-state index in [2.05, 4.69) is 9.97 Å². The minimum Gasteiger partial charge on any atom is -0.379 e. The molecular weight excluding hydrogens is 318 g/mol. The van der Waals surface area contributed by atoms with E-state index >= 15 is 0 Å². The van der Waals surface area contributed by atoms with Gasteiger partial charge in [-0.15, -0.1) is 0 Å². The van der Waals surface area contributed by atoms with Gasteiger partial charge < -0.3 is 14.6 Å². The SMILES string of the molecule is CO[C@H]1CCCN(C(=O)c2cnc(C)[nH]c2=O)[C@H]1Cc1ccccc1. The number of rotatable bonds is 4. The van der Waals surface area contributed by atoms with Crippen molar-refractivity contribution in [3.05, 3.63) is 63.8 Å². The first-order valence-corrected chi connectivity index (χ1v) is 8.53. The summed E-state index contributed by atoms with van der Waals surface area (Å²) in [6.07, 6.45) is 3.78. The third-order valence-corrected chi connectivity index (χ3v) is 4.73. The molecule has 2 heterocycles. The van der Waals surface area contributed by atoms with E-state index in [0.29, 0.717) is 18.8 Å². The highest BCUT2D eigenvalue weighted by Crippen LogP contribution is 2.24. The molecule has 1 amide bonds. The van der Waals surface area contributed by atoms with Crippen LogP contribution < -0.4 is 5.56 Å². The van der Waals surface area contributed by atoms with E-state index in [1.165, 1.54) is 6.20 Å². The molecule has 0 unspecified atom stereocenters. The highest BCUT2D eigenvalue weighted by molar-refractivity contribution is 5.93. The zero-order valence-electron chi connectivity index (χ0n) is 14.6. The fourth-order valence-electron chi connectivity index (χ4n) is 3.44. The number of aromatic amines is 1. The number of carbonyl (C=O) groups excluding carboxylic acids is 1. The lowest BCUT2D eigenvalue weighted by molar-refractivity contribution is -0.0118. The lowest BCUT2D eigenvalue weighted by atomic mass is 9.92. The second-order valence-corrected chi connectivity index (χ2v) is 6.38. The summed E-state index contributed by atoms with van der Waals surface area (Å²) in [6, 6.07) is 9.93. The Hall–Kier alpha value is -2.47. The van der Waals surface area contributed by atoms with Crippen molar-refractivity contribution >= 4 is 5.91 Å². The molecule has 1 aromatic heterocycles. The number of hydrogen-bond donors (Lipinski definition) is 1. The van der Waals surface area contributed by atoms with E-state index in [9.17, 15) is 9.59 Å². The molecule has 0 spiro atoms. The Balaban J connectivity index is 1.90. The lowest BCUT2D eigenvalue weighted by Gasteiger charge is -2.40. The monoisotopic (exact) mass is 341 g/mol.